The van der Waals surface area contributed by atoms with E-state index >= 15 is 0 Å². The van der Waals surface area contributed by atoms with Crippen LogP contribution in [-0.4, -0.2) is 60.3 Å². The van der Waals surface area contributed by atoms with Crippen molar-refractivity contribution in [3.8, 4) is 28.4 Å². The molecule has 0 fully saturated rings. The molecule has 1 aliphatic carbocycles. The molecular weight excluding hydrogens is 564 g/mol. The van der Waals surface area contributed by atoms with Crippen LogP contribution in [0.1, 0.15) is 43.3 Å². The fourth-order valence-corrected chi connectivity index (χ4v) is 5.64. The van der Waals surface area contributed by atoms with Crippen LogP contribution in [0.5, 0.6) is 17.2 Å². The van der Waals surface area contributed by atoms with Gasteiger partial charge in [-0.2, -0.15) is 0 Å². The van der Waals surface area contributed by atoms with Gasteiger partial charge in [-0.25, -0.2) is 0 Å². The van der Waals surface area contributed by atoms with Crippen molar-refractivity contribution in [3.63, 3.8) is 0 Å². The van der Waals surface area contributed by atoms with E-state index in [1.54, 1.807) is 27.2 Å². The highest BCUT2D eigenvalue weighted by Crippen LogP contribution is 2.50. The zero-order valence-corrected chi connectivity index (χ0v) is 25.4. The van der Waals surface area contributed by atoms with Gasteiger partial charge in [-0.1, -0.05) is 12.1 Å². The Balaban J connectivity index is 1.44. The number of aryl methyl sites for hydroxylation is 1. The van der Waals surface area contributed by atoms with E-state index in [9.17, 15) is 14.4 Å². The van der Waals surface area contributed by atoms with Crippen LogP contribution in [0.3, 0.4) is 0 Å². The number of nitrogens with zero attached hydrogens (tertiary/aromatic N) is 3. The standard InChI is InChI=1S/C32H36N6O6/c1-18(32(41)33-14-13-28-37-36-27-8-6-7-15-38(27)28)34-24-12-10-21-22(17-25(24)40)23(35-19(2)39)11-9-20-16-26(42-3)30(43-4)31(44-5)29(20)21/h6-8,10,12,15-18,23H,9,11,13-14H2,1-5H3,(H,33,41)(H,34,40)(H,35,39). The van der Waals surface area contributed by atoms with Gasteiger partial charge in [0.2, 0.25) is 23.0 Å². The number of ether oxygens (including phenoxy) is 3. The van der Waals surface area contributed by atoms with E-state index in [-0.39, 0.29) is 22.9 Å². The zero-order chi connectivity index (χ0) is 31.4. The first-order valence-electron chi connectivity index (χ1n) is 14.4. The Morgan fingerprint density at radius 2 is 1.84 bits per heavy atom. The maximum absolute atomic E-state index is 13.6. The van der Waals surface area contributed by atoms with Gasteiger partial charge in [0.05, 0.1) is 33.1 Å². The summed E-state index contributed by atoms with van der Waals surface area (Å²) in [7, 11) is 4.65. The normalized spacial score (nSPS) is 14.4. The molecule has 0 saturated carbocycles. The number of carbonyl (C=O) groups is 2. The molecule has 44 heavy (non-hydrogen) atoms. The lowest BCUT2D eigenvalue weighted by Gasteiger charge is -2.19. The maximum Gasteiger partial charge on any atom is 0.242 e. The van der Waals surface area contributed by atoms with Gasteiger partial charge in [-0.05, 0) is 66.8 Å². The summed E-state index contributed by atoms with van der Waals surface area (Å²) in [6, 6.07) is 11.4. The molecule has 230 valence electrons. The number of hydrogen-bond donors (Lipinski definition) is 3. The first-order chi connectivity index (χ1) is 21.2. The van der Waals surface area contributed by atoms with Gasteiger partial charge in [0.25, 0.3) is 0 Å². The summed E-state index contributed by atoms with van der Waals surface area (Å²) < 4.78 is 18.9. The average molecular weight is 601 g/mol. The molecule has 2 atom stereocenters. The molecule has 1 aliphatic rings. The van der Waals surface area contributed by atoms with E-state index in [0.717, 1.165) is 22.6 Å². The molecule has 2 aromatic carbocycles. The van der Waals surface area contributed by atoms with Crippen molar-refractivity contribution < 1.29 is 23.8 Å². The minimum Gasteiger partial charge on any atom is -0.493 e. The third-order valence-electron chi connectivity index (χ3n) is 7.71. The molecule has 0 saturated heterocycles. The number of amides is 2. The fourth-order valence-electron chi connectivity index (χ4n) is 5.64. The first-order valence-corrected chi connectivity index (χ1v) is 14.4. The van der Waals surface area contributed by atoms with Crippen LogP contribution in [-0.2, 0) is 22.4 Å². The number of pyridine rings is 1. The largest absolute Gasteiger partial charge is 0.493 e. The van der Waals surface area contributed by atoms with Crippen molar-refractivity contribution in [1.29, 1.82) is 0 Å². The number of hydrogen-bond acceptors (Lipinski definition) is 9. The Hall–Kier alpha value is -5.13. The van der Waals surface area contributed by atoms with Crippen LogP contribution in [0.2, 0.25) is 0 Å². The van der Waals surface area contributed by atoms with Gasteiger partial charge in [-0.3, -0.25) is 18.8 Å². The first kappa shape index (κ1) is 30.3. The van der Waals surface area contributed by atoms with Gasteiger partial charge >= 0.3 is 0 Å². The molecular formula is C32H36N6O6. The Bertz CT molecular complexity index is 1770. The molecule has 0 spiro atoms. The van der Waals surface area contributed by atoms with Crippen LogP contribution < -0.4 is 35.6 Å². The summed E-state index contributed by atoms with van der Waals surface area (Å²) >= 11 is 0. The lowest BCUT2D eigenvalue weighted by Crippen LogP contribution is -2.39. The van der Waals surface area contributed by atoms with Crippen LogP contribution in [0.25, 0.3) is 16.8 Å². The smallest absolute Gasteiger partial charge is 0.242 e. The number of anilines is 1. The highest BCUT2D eigenvalue weighted by molar-refractivity contribution is 5.85. The van der Waals surface area contributed by atoms with Crippen molar-refractivity contribution in [2.45, 2.75) is 45.2 Å². The molecule has 2 aromatic heterocycles. The van der Waals surface area contributed by atoms with Crippen molar-refractivity contribution >= 4 is 23.1 Å². The maximum atomic E-state index is 13.6. The molecule has 0 bridgehead atoms. The van der Waals surface area contributed by atoms with Crippen molar-refractivity contribution in [3.05, 3.63) is 75.8 Å². The third-order valence-corrected chi connectivity index (χ3v) is 7.71. The second kappa shape index (κ2) is 13.0. The number of rotatable bonds is 10. The number of benzene rings is 1. The minimum atomic E-state index is -0.711. The van der Waals surface area contributed by atoms with E-state index in [0.29, 0.717) is 54.2 Å². The molecule has 3 N–H and O–H groups in total. The quantitative estimate of drug-likeness (QED) is 0.250. The lowest BCUT2D eigenvalue weighted by atomic mass is 9.95. The predicted molar refractivity (Wildman–Crippen MR) is 165 cm³/mol. The van der Waals surface area contributed by atoms with Crippen LogP contribution in [0.4, 0.5) is 5.69 Å². The number of nitrogens with one attached hydrogen (secondary N) is 3. The molecule has 0 aliphatic heterocycles. The van der Waals surface area contributed by atoms with E-state index in [1.807, 2.05) is 40.9 Å². The van der Waals surface area contributed by atoms with Crippen molar-refractivity contribution in [2.24, 2.45) is 0 Å². The number of aromatic nitrogens is 3. The molecule has 2 heterocycles. The lowest BCUT2D eigenvalue weighted by molar-refractivity contribution is -0.121. The molecule has 2 unspecified atom stereocenters. The van der Waals surface area contributed by atoms with Crippen LogP contribution >= 0.6 is 0 Å². The number of fused-ring (bicyclic) bond motifs is 4. The molecule has 0 radical (unpaired) electrons. The Labute approximate surface area is 254 Å². The molecule has 12 nitrogen and oxygen atoms in total. The number of carbonyl (C=O) groups excluding carboxylic acids is 2. The summed E-state index contributed by atoms with van der Waals surface area (Å²) in [4.78, 5) is 38.7. The SMILES string of the molecule is COc1cc2c(c(OC)c1OC)-c1ccc(NC(C)C(=O)NCCc3nnc4ccccn34)c(=O)cc1C(NC(C)=O)CC2. The molecule has 5 rings (SSSR count). The molecule has 2 amide bonds. The molecule has 4 aromatic rings. The summed E-state index contributed by atoms with van der Waals surface area (Å²) in [6.45, 7) is 3.49. The monoisotopic (exact) mass is 600 g/mol. The van der Waals surface area contributed by atoms with E-state index in [4.69, 9.17) is 14.2 Å². The van der Waals surface area contributed by atoms with E-state index in [2.05, 4.69) is 26.1 Å². The van der Waals surface area contributed by atoms with Crippen molar-refractivity contribution in [2.75, 3.05) is 33.2 Å². The Morgan fingerprint density at radius 1 is 1.05 bits per heavy atom. The second-order valence-corrected chi connectivity index (χ2v) is 10.5. The van der Waals surface area contributed by atoms with Crippen molar-refractivity contribution in [1.82, 2.24) is 25.2 Å². The fraction of sp³-hybridized carbons (Fsp3) is 0.344. The van der Waals surface area contributed by atoms with Gasteiger partial charge in [-0.15, -0.1) is 10.2 Å². The van der Waals surface area contributed by atoms with Gasteiger partial charge in [0.15, 0.2) is 17.1 Å². The second-order valence-electron chi connectivity index (χ2n) is 10.5. The van der Waals surface area contributed by atoms with E-state index < -0.39 is 12.1 Å². The zero-order valence-electron chi connectivity index (χ0n) is 25.4. The molecule has 12 heteroatoms. The summed E-state index contributed by atoms with van der Waals surface area (Å²) in [5, 5.41) is 17.3. The summed E-state index contributed by atoms with van der Waals surface area (Å²) in [6.07, 6.45) is 3.50. The topological polar surface area (TPSA) is 145 Å². The van der Waals surface area contributed by atoms with Crippen LogP contribution in [0.15, 0.2) is 53.5 Å². The van der Waals surface area contributed by atoms with Crippen LogP contribution in [0, 0.1) is 0 Å². The average Bonchev–Trinajstić information content (AvgIpc) is 3.29. The van der Waals surface area contributed by atoms with Gasteiger partial charge in [0.1, 0.15) is 11.9 Å². The minimum absolute atomic E-state index is 0.212. The summed E-state index contributed by atoms with van der Waals surface area (Å²) in [5.41, 5.74) is 3.68. The highest BCUT2D eigenvalue weighted by atomic mass is 16.5. The third kappa shape index (κ3) is 6.01. The van der Waals surface area contributed by atoms with Gasteiger partial charge < -0.3 is 30.2 Å². The van der Waals surface area contributed by atoms with E-state index in [1.165, 1.54) is 20.1 Å². The summed E-state index contributed by atoms with van der Waals surface area (Å²) in [5.74, 6) is 1.66. The Morgan fingerprint density at radius 3 is 2.57 bits per heavy atom. The van der Waals surface area contributed by atoms with Gasteiger partial charge in [0, 0.05) is 31.6 Å². The highest BCUT2D eigenvalue weighted by Gasteiger charge is 2.29. The number of methoxy groups -OCH3 is 3. The predicted octanol–water partition coefficient (Wildman–Crippen LogP) is 3.07. The Kier molecular flexibility index (Phi) is 8.98.